The molecular formula is C45H55N3O6S. The number of hydrogen-bond donors (Lipinski definition) is 0. The molecule has 6 rings (SSSR count). The zero-order valence-corrected chi connectivity index (χ0v) is 33.6. The van der Waals surface area contributed by atoms with E-state index < -0.39 is 0 Å². The van der Waals surface area contributed by atoms with Crippen molar-refractivity contribution in [2.45, 2.75) is 38.5 Å². The van der Waals surface area contributed by atoms with E-state index in [1.54, 1.807) is 39.8 Å². The summed E-state index contributed by atoms with van der Waals surface area (Å²) in [7, 11) is 6.52. The highest BCUT2D eigenvalue weighted by molar-refractivity contribution is 7.21. The number of nitrogens with zero attached hydrogens (tertiary/aromatic N) is 3. The Labute approximate surface area is 330 Å². The minimum absolute atomic E-state index is 0.574. The van der Waals surface area contributed by atoms with Crippen molar-refractivity contribution in [3.63, 3.8) is 0 Å². The van der Waals surface area contributed by atoms with Gasteiger partial charge in [0.15, 0.2) is 23.0 Å². The molecule has 55 heavy (non-hydrogen) atoms. The first-order valence-corrected chi connectivity index (χ1v) is 20.2. The molecule has 1 fully saturated rings. The molecule has 0 spiro atoms. The summed E-state index contributed by atoms with van der Waals surface area (Å²) in [6, 6.07) is 26.5. The monoisotopic (exact) mass is 765 g/mol. The second-order valence-corrected chi connectivity index (χ2v) is 14.7. The number of piperazine rings is 1. The minimum Gasteiger partial charge on any atom is -0.494 e. The zero-order valence-electron chi connectivity index (χ0n) is 32.8. The SMILES string of the molecule is COc1ccc(/C=C\c2cc(OC)c(OC)c(OC)c2)cc1OCCCCCN1CCN(CCCCCOc2cccc(-c3nc4ccccc4s3)c2)CC1. The third-order valence-electron chi connectivity index (χ3n) is 9.95. The molecule has 1 aliphatic rings. The van der Waals surface area contributed by atoms with Gasteiger partial charge in [-0.25, -0.2) is 4.98 Å². The van der Waals surface area contributed by atoms with E-state index in [0.29, 0.717) is 23.9 Å². The highest BCUT2D eigenvalue weighted by Gasteiger charge is 2.16. The maximum Gasteiger partial charge on any atom is 0.203 e. The van der Waals surface area contributed by atoms with Crippen LogP contribution in [0.25, 0.3) is 32.9 Å². The summed E-state index contributed by atoms with van der Waals surface area (Å²) in [6.07, 6.45) is 10.8. The first kappa shape index (κ1) is 39.9. The van der Waals surface area contributed by atoms with Crippen LogP contribution in [0, 0.1) is 0 Å². The van der Waals surface area contributed by atoms with Crippen molar-refractivity contribution >= 4 is 33.7 Å². The van der Waals surface area contributed by atoms with Crippen molar-refractivity contribution in [1.82, 2.24) is 14.8 Å². The largest absolute Gasteiger partial charge is 0.494 e. The molecule has 4 aromatic carbocycles. The lowest BCUT2D eigenvalue weighted by Crippen LogP contribution is -2.46. The maximum absolute atomic E-state index is 6.20. The van der Waals surface area contributed by atoms with Gasteiger partial charge in [0.05, 0.1) is 51.9 Å². The van der Waals surface area contributed by atoms with E-state index in [-0.39, 0.29) is 0 Å². The molecule has 0 N–H and O–H groups in total. The standard InChI is InChI=1S/C45H55N3O6S/c1-49-39-21-20-34(18-19-35-31-41(50-2)44(52-4)42(32-35)51-3)30-40(39)54-29-12-6-10-23-48-26-24-47(25-27-48)22-9-5-11-28-53-37-15-13-14-36(33-37)45-46-38-16-7-8-17-43(38)55-45/h7-8,13-21,30-33H,5-6,9-12,22-29H2,1-4H3/b19-18-. The average molecular weight is 766 g/mol. The van der Waals surface area contributed by atoms with Gasteiger partial charge in [0.2, 0.25) is 5.75 Å². The quantitative estimate of drug-likeness (QED) is 0.0537. The lowest BCUT2D eigenvalue weighted by atomic mass is 10.1. The van der Waals surface area contributed by atoms with Crippen molar-refractivity contribution < 1.29 is 28.4 Å². The summed E-state index contributed by atoms with van der Waals surface area (Å²) in [6.45, 7) is 8.34. The van der Waals surface area contributed by atoms with Gasteiger partial charge in [0.1, 0.15) is 10.8 Å². The molecule has 1 saturated heterocycles. The molecule has 292 valence electrons. The Hall–Kier alpha value is -4.77. The lowest BCUT2D eigenvalue weighted by Gasteiger charge is -2.34. The molecule has 1 aromatic heterocycles. The smallest absolute Gasteiger partial charge is 0.203 e. The Balaban J connectivity index is 0.825. The topological polar surface area (TPSA) is 74.8 Å². The van der Waals surface area contributed by atoms with Gasteiger partial charge in [-0.15, -0.1) is 11.3 Å². The average Bonchev–Trinajstić information content (AvgIpc) is 3.67. The summed E-state index contributed by atoms with van der Waals surface area (Å²) < 4.78 is 35.6. The van der Waals surface area contributed by atoms with Crippen LogP contribution in [0.15, 0.2) is 78.9 Å². The molecule has 0 radical (unpaired) electrons. The van der Waals surface area contributed by atoms with Gasteiger partial charge in [-0.05, 0) is 111 Å². The van der Waals surface area contributed by atoms with Crippen LogP contribution in [0.2, 0.25) is 0 Å². The third kappa shape index (κ3) is 11.4. The number of ether oxygens (including phenoxy) is 6. The van der Waals surface area contributed by atoms with Gasteiger partial charge < -0.3 is 38.2 Å². The first-order chi connectivity index (χ1) is 27.1. The molecule has 1 aliphatic heterocycles. The number of unbranched alkanes of at least 4 members (excludes halogenated alkanes) is 4. The summed E-state index contributed by atoms with van der Waals surface area (Å²) in [5, 5.41) is 1.04. The number of thiazole rings is 1. The first-order valence-electron chi connectivity index (χ1n) is 19.4. The number of para-hydroxylation sites is 1. The van der Waals surface area contributed by atoms with E-state index >= 15 is 0 Å². The molecule has 0 atom stereocenters. The van der Waals surface area contributed by atoms with Gasteiger partial charge >= 0.3 is 0 Å². The molecule has 5 aromatic rings. The fraction of sp³-hybridized carbons (Fsp3) is 0.400. The molecule has 0 bridgehead atoms. The molecule has 0 amide bonds. The molecule has 10 heteroatoms. The van der Waals surface area contributed by atoms with Crippen LogP contribution in [0.3, 0.4) is 0 Å². The summed E-state index contributed by atoms with van der Waals surface area (Å²) in [5.74, 6) is 4.22. The Bertz CT molecular complexity index is 1910. The van der Waals surface area contributed by atoms with Crippen molar-refractivity contribution in [3.8, 4) is 45.1 Å². The molecule has 0 aliphatic carbocycles. The highest BCUT2D eigenvalue weighted by atomic mass is 32.1. The Morgan fingerprint density at radius 3 is 1.87 bits per heavy atom. The number of methoxy groups -OCH3 is 4. The Morgan fingerprint density at radius 2 is 1.22 bits per heavy atom. The number of fused-ring (bicyclic) bond motifs is 1. The number of hydrogen-bond acceptors (Lipinski definition) is 10. The Morgan fingerprint density at radius 1 is 0.582 bits per heavy atom. The van der Waals surface area contributed by atoms with Crippen molar-refractivity contribution in [2.24, 2.45) is 0 Å². The predicted molar refractivity (Wildman–Crippen MR) is 225 cm³/mol. The van der Waals surface area contributed by atoms with Crippen LogP contribution in [0.5, 0.6) is 34.5 Å². The highest BCUT2D eigenvalue weighted by Crippen LogP contribution is 2.39. The van der Waals surface area contributed by atoms with E-state index in [1.165, 1.54) is 30.5 Å². The fourth-order valence-corrected chi connectivity index (χ4v) is 7.81. The Kier molecular flexibility index (Phi) is 15.1. The van der Waals surface area contributed by atoms with E-state index in [2.05, 4.69) is 46.2 Å². The fourth-order valence-electron chi connectivity index (χ4n) is 6.85. The van der Waals surface area contributed by atoms with Crippen LogP contribution in [0.1, 0.15) is 49.7 Å². The lowest BCUT2D eigenvalue weighted by molar-refractivity contribution is 0.128. The van der Waals surface area contributed by atoms with Crippen molar-refractivity contribution in [2.75, 3.05) is 80.9 Å². The molecule has 0 saturated carbocycles. The van der Waals surface area contributed by atoms with Crippen LogP contribution >= 0.6 is 11.3 Å². The summed E-state index contributed by atoms with van der Waals surface area (Å²) in [4.78, 5) is 10.0. The minimum atomic E-state index is 0.574. The normalized spacial score (nSPS) is 13.7. The van der Waals surface area contributed by atoms with Crippen LogP contribution in [-0.2, 0) is 0 Å². The third-order valence-corrected chi connectivity index (χ3v) is 11.0. The molecule has 2 heterocycles. The number of rotatable bonds is 21. The second-order valence-electron chi connectivity index (χ2n) is 13.7. The number of benzene rings is 4. The number of aromatic nitrogens is 1. The van der Waals surface area contributed by atoms with Crippen LogP contribution in [0.4, 0.5) is 0 Å². The summed E-state index contributed by atoms with van der Waals surface area (Å²) >= 11 is 1.73. The van der Waals surface area contributed by atoms with Crippen molar-refractivity contribution in [1.29, 1.82) is 0 Å². The van der Waals surface area contributed by atoms with Crippen molar-refractivity contribution in [3.05, 3.63) is 90.0 Å². The van der Waals surface area contributed by atoms with Gasteiger partial charge in [-0.3, -0.25) is 0 Å². The van der Waals surface area contributed by atoms with Crippen LogP contribution in [-0.4, -0.2) is 95.7 Å². The summed E-state index contributed by atoms with van der Waals surface area (Å²) in [5.41, 5.74) is 4.11. The van der Waals surface area contributed by atoms with Gasteiger partial charge in [0.25, 0.3) is 0 Å². The molecular weight excluding hydrogens is 711 g/mol. The van der Waals surface area contributed by atoms with Gasteiger partial charge in [0, 0.05) is 31.7 Å². The van der Waals surface area contributed by atoms with E-state index in [4.69, 9.17) is 33.4 Å². The van der Waals surface area contributed by atoms with E-state index in [1.807, 2.05) is 54.6 Å². The zero-order chi connectivity index (χ0) is 38.2. The molecule has 9 nitrogen and oxygen atoms in total. The predicted octanol–water partition coefficient (Wildman–Crippen LogP) is 9.58. The maximum atomic E-state index is 6.20. The van der Waals surface area contributed by atoms with Gasteiger partial charge in [-0.1, -0.05) is 42.5 Å². The molecule has 0 unspecified atom stereocenters. The van der Waals surface area contributed by atoms with E-state index in [9.17, 15) is 0 Å². The van der Waals surface area contributed by atoms with E-state index in [0.717, 1.165) is 103 Å². The van der Waals surface area contributed by atoms with Crippen LogP contribution < -0.4 is 28.4 Å². The van der Waals surface area contributed by atoms with Gasteiger partial charge in [-0.2, -0.15) is 0 Å². The second kappa shape index (κ2) is 20.8.